The second-order valence-corrected chi connectivity index (χ2v) is 5.77. The predicted octanol–water partition coefficient (Wildman–Crippen LogP) is 2.28. The molecule has 0 aliphatic rings. The molecule has 2 N–H and O–H groups in total. The van der Waals surface area contributed by atoms with E-state index < -0.39 is 17.2 Å². The van der Waals surface area contributed by atoms with Gasteiger partial charge in [-0.3, -0.25) is 9.36 Å². The van der Waals surface area contributed by atoms with E-state index in [2.05, 4.69) is 4.98 Å². The third-order valence-corrected chi connectivity index (χ3v) is 4.02. The lowest BCUT2D eigenvalue weighted by Crippen LogP contribution is -2.35. The number of fused-ring (bicyclic) bond motifs is 1. The monoisotopic (exact) mass is 344 g/mol. The van der Waals surface area contributed by atoms with Crippen molar-refractivity contribution in [2.24, 2.45) is 0 Å². The maximum absolute atomic E-state index is 12.5. The molecule has 2 aromatic carbocycles. The van der Waals surface area contributed by atoms with Crippen molar-refractivity contribution in [2.75, 3.05) is 0 Å². The summed E-state index contributed by atoms with van der Waals surface area (Å²) in [6, 6.07) is 11.2. The van der Waals surface area contributed by atoms with Gasteiger partial charge in [-0.2, -0.15) is 0 Å². The van der Waals surface area contributed by atoms with Crippen LogP contribution in [0.4, 0.5) is 0 Å². The molecule has 122 valence electrons. The number of carboxylic acids is 1. The number of carbonyl (C=O) groups is 1. The number of rotatable bonds is 4. The lowest BCUT2D eigenvalue weighted by Gasteiger charge is -2.07. The van der Waals surface area contributed by atoms with Crippen molar-refractivity contribution >= 4 is 28.5 Å². The molecule has 0 amide bonds. The van der Waals surface area contributed by atoms with Gasteiger partial charge in [-0.1, -0.05) is 23.7 Å². The standard InChI is InChI=1S/C17H13ClN2O4/c18-12-4-1-10(2-5-12)7-8-20-15(21)13-9-11(16(22)23)3-6-14(13)19-17(20)24/h1-6,9H,7-8H2,(H,19,24)(H,22,23). The fourth-order valence-electron chi connectivity index (χ4n) is 2.48. The number of nitrogens with zero attached hydrogens (tertiary/aromatic N) is 1. The van der Waals surface area contributed by atoms with Crippen LogP contribution in [0.25, 0.3) is 10.9 Å². The highest BCUT2D eigenvalue weighted by Gasteiger charge is 2.11. The second-order valence-electron chi connectivity index (χ2n) is 5.33. The smallest absolute Gasteiger partial charge is 0.335 e. The molecule has 0 atom stereocenters. The molecule has 3 rings (SSSR count). The fourth-order valence-corrected chi connectivity index (χ4v) is 2.60. The van der Waals surface area contributed by atoms with Gasteiger partial charge in [0.1, 0.15) is 0 Å². The van der Waals surface area contributed by atoms with Gasteiger partial charge in [-0.25, -0.2) is 9.59 Å². The Morgan fingerprint density at radius 2 is 1.83 bits per heavy atom. The molecular weight excluding hydrogens is 332 g/mol. The zero-order chi connectivity index (χ0) is 17.3. The zero-order valence-electron chi connectivity index (χ0n) is 12.5. The van der Waals surface area contributed by atoms with Crippen molar-refractivity contribution in [3.8, 4) is 0 Å². The van der Waals surface area contributed by atoms with E-state index in [1.54, 1.807) is 12.1 Å². The van der Waals surface area contributed by atoms with E-state index in [-0.39, 0.29) is 17.5 Å². The van der Waals surface area contributed by atoms with Gasteiger partial charge < -0.3 is 10.1 Å². The zero-order valence-corrected chi connectivity index (χ0v) is 13.2. The molecule has 0 spiro atoms. The summed E-state index contributed by atoms with van der Waals surface area (Å²) in [6.07, 6.45) is 0.476. The first-order valence-corrected chi connectivity index (χ1v) is 7.58. The number of aromatic amines is 1. The van der Waals surface area contributed by atoms with E-state index in [0.29, 0.717) is 17.0 Å². The summed E-state index contributed by atoms with van der Waals surface area (Å²) in [7, 11) is 0. The van der Waals surface area contributed by atoms with Crippen LogP contribution in [0.1, 0.15) is 15.9 Å². The molecule has 0 unspecified atom stereocenters. The summed E-state index contributed by atoms with van der Waals surface area (Å²) in [5.74, 6) is -1.13. The second kappa shape index (κ2) is 6.33. The van der Waals surface area contributed by atoms with E-state index in [0.717, 1.165) is 10.1 Å². The summed E-state index contributed by atoms with van der Waals surface area (Å²) in [5, 5.41) is 9.83. The molecule has 3 aromatic rings. The summed E-state index contributed by atoms with van der Waals surface area (Å²) in [6.45, 7) is 0.184. The average Bonchev–Trinajstić information content (AvgIpc) is 2.56. The number of hydrogen-bond acceptors (Lipinski definition) is 3. The number of H-pyrrole nitrogens is 1. The van der Waals surface area contributed by atoms with Crippen LogP contribution < -0.4 is 11.2 Å². The van der Waals surface area contributed by atoms with Crippen molar-refractivity contribution in [2.45, 2.75) is 13.0 Å². The van der Waals surface area contributed by atoms with E-state index in [1.807, 2.05) is 12.1 Å². The normalized spacial score (nSPS) is 10.9. The van der Waals surface area contributed by atoms with Crippen LogP contribution >= 0.6 is 11.6 Å². The number of halogens is 1. The molecule has 7 heteroatoms. The number of carboxylic acid groups (broad SMARTS) is 1. The minimum atomic E-state index is -1.13. The van der Waals surface area contributed by atoms with Crippen LogP contribution in [-0.4, -0.2) is 20.6 Å². The third-order valence-electron chi connectivity index (χ3n) is 3.77. The quantitative estimate of drug-likeness (QED) is 0.759. The molecule has 0 saturated heterocycles. The Kier molecular flexibility index (Phi) is 4.22. The molecule has 0 aliphatic carbocycles. The molecule has 0 radical (unpaired) electrons. The first-order chi connectivity index (χ1) is 11.5. The average molecular weight is 345 g/mol. The van der Waals surface area contributed by atoms with Crippen LogP contribution in [0.3, 0.4) is 0 Å². The van der Waals surface area contributed by atoms with Crippen LogP contribution in [-0.2, 0) is 13.0 Å². The number of aryl methyl sites for hydroxylation is 1. The minimum absolute atomic E-state index is 0.00380. The molecule has 1 aromatic heterocycles. The van der Waals surface area contributed by atoms with Gasteiger partial charge in [-0.05, 0) is 42.3 Å². The molecule has 6 nitrogen and oxygen atoms in total. The van der Waals surface area contributed by atoms with Gasteiger partial charge in [0.15, 0.2) is 0 Å². The van der Waals surface area contributed by atoms with Crippen molar-refractivity contribution in [3.05, 3.63) is 79.5 Å². The van der Waals surface area contributed by atoms with Crippen LogP contribution in [0.2, 0.25) is 5.02 Å². The number of benzene rings is 2. The van der Waals surface area contributed by atoms with Crippen molar-refractivity contribution in [3.63, 3.8) is 0 Å². The first-order valence-electron chi connectivity index (χ1n) is 7.20. The summed E-state index contributed by atoms with van der Waals surface area (Å²) >= 11 is 5.83. The van der Waals surface area contributed by atoms with E-state index in [4.69, 9.17) is 16.7 Å². The lowest BCUT2D eigenvalue weighted by atomic mass is 10.1. The topological polar surface area (TPSA) is 92.2 Å². The highest BCUT2D eigenvalue weighted by Crippen LogP contribution is 2.11. The molecule has 0 fully saturated rings. The molecule has 24 heavy (non-hydrogen) atoms. The number of nitrogens with one attached hydrogen (secondary N) is 1. The van der Waals surface area contributed by atoms with E-state index >= 15 is 0 Å². The Hall–Kier alpha value is -2.86. The number of aromatic nitrogens is 2. The van der Waals surface area contributed by atoms with E-state index in [9.17, 15) is 14.4 Å². The van der Waals surface area contributed by atoms with Gasteiger partial charge in [0.05, 0.1) is 16.5 Å². The maximum Gasteiger partial charge on any atom is 0.335 e. The van der Waals surface area contributed by atoms with Crippen LogP contribution in [0.15, 0.2) is 52.1 Å². The SMILES string of the molecule is O=C(O)c1ccc2[nH]c(=O)n(CCc3ccc(Cl)cc3)c(=O)c2c1. The number of hydrogen-bond donors (Lipinski definition) is 2. The predicted molar refractivity (Wildman–Crippen MR) is 90.9 cm³/mol. The minimum Gasteiger partial charge on any atom is -0.478 e. The highest BCUT2D eigenvalue weighted by molar-refractivity contribution is 6.30. The van der Waals surface area contributed by atoms with Crippen LogP contribution in [0.5, 0.6) is 0 Å². The Morgan fingerprint density at radius 1 is 1.12 bits per heavy atom. The van der Waals surface area contributed by atoms with Crippen LogP contribution in [0, 0.1) is 0 Å². The third kappa shape index (κ3) is 3.09. The molecule has 0 bridgehead atoms. The Balaban J connectivity index is 2.00. The highest BCUT2D eigenvalue weighted by atomic mass is 35.5. The Bertz CT molecular complexity index is 1040. The lowest BCUT2D eigenvalue weighted by molar-refractivity contribution is 0.0697. The van der Waals surface area contributed by atoms with Gasteiger partial charge in [0, 0.05) is 11.6 Å². The van der Waals surface area contributed by atoms with Gasteiger partial charge >= 0.3 is 11.7 Å². The summed E-state index contributed by atoms with van der Waals surface area (Å²) in [5.41, 5.74) is 0.217. The van der Waals surface area contributed by atoms with Crippen molar-refractivity contribution < 1.29 is 9.90 Å². The molecule has 1 heterocycles. The first kappa shape index (κ1) is 16.0. The Labute approximate surface area is 140 Å². The molecular formula is C17H13ClN2O4. The summed E-state index contributed by atoms with van der Waals surface area (Å²) in [4.78, 5) is 38.3. The number of aromatic carboxylic acids is 1. The van der Waals surface area contributed by atoms with Crippen molar-refractivity contribution in [1.29, 1.82) is 0 Å². The molecule has 0 saturated carbocycles. The van der Waals surface area contributed by atoms with E-state index in [1.165, 1.54) is 18.2 Å². The maximum atomic E-state index is 12.5. The molecule has 0 aliphatic heterocycles. The van der Waals surface area contributed by atoms with Gasteiger partial charge in [0.25, 0.3) is 5.56 Å². The van der Waals surface area contributed by atoms with Gasteiger partial charge in [0.2, 0.25) is 0 Å². The fraction of sp³-hybridized carbons (Fsp3) is 0.118. The van der Waals surface area contributed by atoms with Gasteiger partial charge in [-0.15, -0.1) is 0 Å². The Morgan fingerprint density at radius 3 is 2.50 bits per heavy atom. The summed E-state index contributed by atoms with van der Waals surface area (Å²) < 4.78 is 1.07. The largest absolute Gasteiger partial charge is 0.478 e. The van der Waals surface area contributed by atoms with Crippen molar-refractivity contribution in [1.82, 2.24) is 9.55 Å².